The fraction of sp³-hybridized carbons (Fsp3) is 0.333. The second kappa shape index (κ2) is 6.12. The molecule has 2 aromatic rings. The average Bonchev–Trinajstić information content (AvgIpc) is 2.84. The monoisotopic (exact) mass is 295 g/mol. The van der Waals surface area contributed by atoms with Gasteiger partial charge in [-0.15, -0.1) is 0 Å². The van der Waals surface area contributed by atoms with Crippen LogP contribution in [0.5, 0.6) is 0 Å². The Labute approximate surface area is 117 Å². The summed E-state index contributed by atoms with van der Waals surface area (Å²) in [7, 11) is -3.54. The van der Waals surface area contributed by atoms with Crippen molar-refractivity contribution in [3.63, 3.8) is 0 Å². The summed E-state index contributed by atoms with van der Waals surface area (Å²) in [5.41, 5.74) is 7.10. The quantitative estimate of drug-likeness (QED) is 0.782. The van der Waals surface area contributed by atoms with Gasteiger partial charge in [0, 0.05) is 25.5 Å². The second-order valence-corrected chi connectivity index (χ2v) is 6.13. The van der Waals surface area contributed by atoms with Crippen LogP contribution in [-0.4, -0.2) is 29.7 Å². The van der Waals surface area contributed by atoms with Gasteiger partial charge in [0.25, 0.3) is 0 Å². The van der Waals surface area contributed by atoms with E-state index in [1.54, 1.807) is 16.9 Å². The molecular formula is C12H17N5O2S. The molecule has 3 N–H and O–H groups in total. The van der Waals surface area contributed by atoms with Gasteiger partial charge in [-0.2, -0.15) is 5.10 Å². The summed E-state index contributed by atoms with van der Waals surface area (Å²) < 4.78 is 28.2. The van der Waals surface area contributed by atoms with Crippen molar-refractivity contribution in [3.8, 4) is 0 Å². The maximum Gasteiger partial charge on any atom is 0.242 e. The molecule has 0 atom stereocenters. The lowest BCUT2D eigenvalue weighted by Crippen LogP contribution is -2.27. The molecule has 8 heteroatoms. The number of nitrogens with two attached hydrogens (primary N) is 1. The number of nitrogens with zero attached hydrogens (tertiary/aromatic N) is 3. The van der Waals surface area contributed by atoms with Crippen molar-refractivity contribution in [1.29, 1.82) is 0 Å². The molecule has 0 aliphatic carbocycles. The molecule has 0 saturated heterocycles. The van der Waals surface area contributed by atoms with Crippen molar-refractivity contribution < 1.29 is 8.42 Å². The standard InChI is InChI=1S/C12H17N5O2S/c1-10-7-15-17(9-10)5-4-16-20(18,19)12-3-2-11(6-13)14-8-12/h2-3,7-9,16H,4-6,13H2,1H3. The van der Waals surface area contributed by atoms with Gasteiger partial charge in [-0.3, -0.25) is 9.67 Å². The molecule has 0 bridgehead atoms. The van der Waals surface area contributed by atoms with Crippen LogP contribution in [0.15, 0.2) is 35.6 Å². The fourth-order valence-corrected chi connectivity index (χ4v) is 2.62. The lowest BCUT2D eigenvalue weighted by Gasteiger charge is -2.07. The minimum atomic E-state index is -3.54. The molecule has 0 fully saturated rings. The number of aromatic nitrogens is 3. The minimum absolute atomic E-state index is 0.131. The third-order valence-electron chi connectivity index (χ3n) is 2.71. The third-order valence-corrected chi connectivity index (χ3v) is 4.16. The number of sulfonamides is 1. The Bertz CT molecular complexity index is 663. The Morgan fingerprint density at radius 1 is 1.35 bits per heavy atom. The summed E-state index contributed by atoms with van der Waals surface area (Å²) in [5, 5.41) is 4.09. The summed E-state index contributed by atoms with van der Waals surface area (Å²) in [6.45, 7) is 2.95. The van der Waals surface area contributed by atoms with Crippen LogP contribution >= 0.6 is 0 Å². The molecule has 108 valence electrons. The van der Waals surface area contributed by atoms with Crippen LogP contribution < -0.4 is 10.5 Å². The van der Waals surface area contributed by atoms with E-state index in [-0.39, 0.29) is 18.0 Å². The van der Waals surface area contributed by atoms with Gasteiger partial charge in [0.05, 0.1) is 18.4 Å². The van der Waals surface area contributed by atoms with E-state index in [9.17, 15) is 8.42 Å². The highest BCUT2D eigenvalue weighted by atomic mass is 32.2. The molecule has 0 aliphatic heterocycles. The van der Waals surface area contributed by atoms with Gasteiger partial charge in [0.2, 0.25) is 10.0 Å². The Hall–Kier alpha value is -1.77. The highest BCUT2D eigenvalue weighted by Crippen LogP contribution is 2.07. The van der Waals surface area contributed by atoms with E-state index in [4.69, 9.17) is 5.73 Å². The summed E-state index contributed by atoms with van der Waals surface area (Å²) in [5.74, 6) is 0. The van der Waals surface area contributed by atoms with Gasteiger partial charge in [-0.25, -0.2) is 13.1 Å². The maximum atomic E-state index is 12.0. The first kappa shape index (κ1) is 14.6. The van der Waals surface area contributed by atoms with Gasteiger partial charge in [-0.1, -0.05) is 0 Å². The van der Waals surface area contributed by atoms with Crippen LogP contribution in [0.25, 0.3) is 0 Å². The van der Waals surface area contributed by atoms with Crippen molar-refractivity contribution in [2.75, 3.05) is 6.54 Å². The molecule has 20 heavy (non-hydrogen) atoms. The molecule has 7 nitrogen and oxygen atoms in total. The average molecular weight is 295 g/mol. The number of nitrogens with one attached hydrogen (secondary N) is 1. The van der Waals surface area contributed by atoms with Gasteiger partial charge >= 0.3 is 0 Å². The zero-order valence-electron chi connectivity index (χ0n) is 11.2. The number of pyridine rings is 1. The molecule has 2 heterocycles. The van der Waals surface area contributed by atoms with Crippen molar-refractivity contribution in [3.05, 3.63) is 42.0 Å². The smallest absolute Gasteiger partial charge is 0.242 e. The van der Waals surface area contributed by atoms with E-state index in [0.29, 0.717) is 12.2 Å². The largest absolute Gasteiger partial charge is 0.325 e. The van der Waals surface area contributed by atoms with Gasteiger partial charge in [-0.05, 0) is 24.6 Å². The highest BCUT2D eigenvalue weighted by Gasteiger charge is 2.13. The normalized spacial score (nSPS) is 11.7. The molecular weight excluding hydrogens is 278 g/mol. The summed E-state index contributed by atoms with van der Waals surface area (Å²) in [6.07, 6.45) is 4.89. The molecule has 0 radical (unpaired) electrons. The van der Waals surface area contributed by atoms with Crippen LogP contribution in [0.4, 0.5) is 0 Å². The van der Waals surface area contributed by atoms with E-state index in [1.165, 1.54) is 12.3 Å². The predicted octanol–water partition coefficient (Wildman–Crippen LogP) is 0.0237. The van der Waals surface area contributed by atoms with Crippen molar-refractivity contribution in [2.45, 2.75) is 24.9 Å². The van der Waals surface area contributed by atoms with E-state index >= 15 is 0 Å². The predicted molar refractivity (Wildman–Crippen MR) is 74.3 cm³/mol. The van der Waals surface area contributed by atoms with Gasteiger partial charge < -0.3 is 5.73 Å². The first-order valence-electron chi connectivity index (χ1n) is 6.15. The van der Waals surface area contributed by atoms with Crippen LogP contribution in [0.1, 0.15) is 11.3 Å². The van der Waals surface area contributed by atoms with E-state index in [1.807, 2.05) is 13.1 Å². The van der Waals surface area contributed by atoms with E-state index in [0.717, 1.165) is 5.56 Å². The summed E-state index contributed by atoms with van der Waals surface area (Å²) >= 11 is 0. The zero-order chi connectivity index (χ0) is 14.6. The number of hydrogen-bond donors (Lipinski definition) is 2. The van der Waals surface area contributed by atoms with Crippen LogP contribution in [0.2, 0.25) is 0 Å². The van der Waals surface area contributed by atoms with E-state index in [2.05, 4.69) is 14.8 Å². The summed E-state index contributed by atoms with van der Waals surface area (Å²) in [4.78, 5) is 4.10. The molecule has 0 aromatic carbocycles. The Morgan fingerprint density at radius 2 is 2.15 bits per heavy atom. The van der Waals surface area contributed by atoms with Crippen LogP contribution in [-0.2, 0) is 23.1 Å². The second-order valence-electron chi connectivity index (χ2n) is 4.37. The molecule has 0 unspecified atom stereocenters. The Morgan fingerprint density at radius 3 is 2.70 bits per heavy atom. The lowest BCUT2D eigenvalue weighted by atomic mass is 10.4. The Kier molecular flexibility index (Phi) is 4.48. The van der Waals surface area contributed by atoms with Crippen molar-refractivity contribution in [2.24, 2.45) is 5.73 Å². The zero-order valence-corrected chi connectivity index (χ0v) is 12.0. The van der Waals surface area contributed by atoms with E-state index < -0.39 is 10.0 Å². The first-order chi connectivity index (χ1) is 9.51. The minimum Gasteiger partial charge on any atom is -0.325 e. The molecule has 0 aliphatic rings. The number of aryl methyl sites for hydroxylation is 1. The first-order valence-corrected chi connectivity index (χ1v) is 7.63. The molecule has 0 amide bonds. The molecule has 2 aromatic heterocycles. The fourth-order valence-electron chi connectivity index (χ4n) is 1.66. The van der Waals surface area contributed by atoms with Crippen molar-refractivity contribution >= 4 is 10.0 Å². The molecule has 0 saturated carbocycles. The Balaban J connectivity index is 1.96. The van der Waals surface area contributed by atoms with Gasteiger partial charge in [0.15, 0.2) is 0 Å². The highest BCUT2D eigenvalue weighted by molar-refractivity contribution is 7.89. The summed E-state index contributed by atoms with van der Waals surface area (Å²) in [6, 6.07) is 3.10. The van der Waals surface area contributed by atoms with Crippen LogP contribution in [0.3, 0.4) is 0 Å². The third kappa shape index (κ3) is 3.62. The SMILES string of the molecule is Cc1cnn(CCNS(=O)(=O)c2ccc(CN)nc2)c1. The van der Waals surface area contributed by atoms with Crippen molar-refractivity contribution in [1.82, 2.24) is 19.5 Å². The van der Waals surface area contributed by atoms with Gasteiger partial charge in [0.1, 0.15) is 4.90 Å². The number of hydrogen-bond acceptors (Lipinski definition) is 5. The number of rotatable bonds is 6. The van der Waals surface area contributed by atoms with Crippen LogP contribution in [0, 0.1) is 6.92 Å². The molecule has 2 rings (SSSR count). The maximum absolute atomic E-state index is 12.0. The molecule has 0 spiro atoms. The lowest BCUT2D eigenvalue weighted by molar-refractivity contribution is 0.560. The topological polar surface area (TPSA) is 103 Å².